The van der Waals surface area contributed by atoms with Gasteiger partial charge in [-0.3, -0.25) is 24.5 Å². The maximum absolute atomic E-state index is 14.0. The van der Waals surface area contributed by atoms with Gasteiger partial charge in [-0.05, 0) is 24.6 Å². The van der Waals surface area contributed by atoms with Crippen LogP contribution in [0.2, 0.25) is 0 Å². The lowest BCUT2D eigenvalue weighted by atomic mass is 9.87. The SMILES string of the molecule is CCOC(=O)C[C@@H](c1ccc([N+](=O)[O-])cc1)[C@@H](NC(=O)c1ccc(F)cc1F)C(N)=O. The summed E-state index contributed by atoms with van der Waals surface area (Å²) in [6.45, 7) is 1.63. The van der Waals surface area contributed by atoms with Crippen LogP contribution >= 0.6 is 0 Å². The highest BCUT2D eigenvalue weighted by Gasteiger charge is 2.33. The van der Waals surface area contributed by atoms with Crippen molar-refractivity contribution in [3.63, 3.8) is 0 Å². The first-order chi connectivity index (χ1) is 14.6. The van der Waals surface area contributed by atoms with E-state index in [0.29, 0.717) is 6.07 Å². The summed E-state index contributed by atoms with van der Waals surface area (Å²) in [4.78, 5) is 47.0. The fourth-order valence-electron chi connectivity index (χ4n) is 2.93. The molecule has 0 radical (unpaired) electrons. The summed E-state index contributed by atoms with van der Waals surface area (Å²) in [7, 11) is 0. The molecular formula is C20H19F2N3O6. The van der Waals surface area contributed by atoms with Crippen LogP contribution in [0, 0.1) is 21.7 Å². The van der Waals surface area contributed by atoms with Gasteiger partial charge in [-0.2, -0.15) is 0 Å². The van der Waals surface area contributed by atoms with Gasteiger partial charge in [0.2, 0.25) is 5.91 Å². The molecule has 0 unspecified atom stereocenters. The van der Waals surface area contributed by atoms with Crippen molar-refractivity contribution in [2.45, 2.75) is 25.3 Å². The Bertz CT molecular complexity index is 997. The summed E-state index contributed by atoms with van der Waals surface area (Å²) in [6, 6.07) is 5.70. The first-order valence-electron chi connectivity index (χ1n) is 9.09. The minimum Gasteiger partial charge on any atom is -0.466 e. The molecule has 0 aliphatic carbocycles. The second-order valence-corrected chi connectivity index (χ2v) is 6.44. The van der Waals surface area contributed by atoms with E-state index >= 15 is 0 Å². The van der Waals surface area contributed by atoms with E-state index in [1.54, 1.807) is 6.92 Å². The number of nitro groups is 1. The molecule has 0 fully saturated rings. The molecule has 0 saturated carbocycles. The highest BCUT2D eigenvalue weighted by molar-refractivity contribution is 5.98. The molecular weight excluding hydrogens is 416 g/mol. The van der Waals surface area contributed by atoms with Gasteiger partial charge < -0.3 is 15.8 Å². The molecule has 2 aromatic carbocycles. The van der Waals surface area contributed by atoms with Crippen molar-refractivity contribution in [2.75, 3.05) is 6.61 Å². The van der Waals surface area contributed by atoms with Crippen LogP contribution < -0.4 is 11.1 Å². The summed E-state index contributed by atoms with van der Waals surface area (Å²) in [6.07, 6.45) is -0.397. The fraction of sp³-hybridized carbons (Fsp3) is 0.250. The molecule has 2 aromatic rings. The third-order valence-electron chi connectivity index (χ3n) is 4.40. The molecule has 0 aliphatic heterocycles. The normalized spacial score (nSPS) is 12.5. The van der Waals surface area contributed by atoms with Crippen LogP contribution in [-0.4, -0.2) is 35.4 Å². The van der Waals surface area contributed by atoms with Gasteiger partial charge in [0, 0.05) is 24.1 Å². The number of primary amides is 1. The number of hydrogen-bond donors (Lipinski definition) is 2. The summed E-state index contributed by atoms with van der Waals surface area (Å²) in [5.41, 5.74) is 4.94. The van der Waals surface area contributed by atoms with Crippen LogP contribution in [0.3, 0.4) is 0 Å². The monoisotopic (exact) mass is 435 g/mol. The van der Waals surface area contributed by atoms with Crippen LogP contribution in [0.15, 0.2) is 42.5 Å². The van der Waals surface area contributed by atoms with Crippen molar-refractivity contribution in [1.29, 1.82) is 0 Å². The van der Waals surface area contributed by atoms with Crippen molar-refractivity contribution in [3.8, 4) is 0 Å². The van der Waals surface area contributed by atoms with E-state index in [9.17, 15) is 33.3 Å². The summed E-state index contributed by atoms with van der Waals surface area (Å²) >= 11 is 0. The van der Waals surface area contributed by atoms with E-state index in [2.05, 4.69) is 5.32 Å². The Morgan fingerprint density at radius 2 is 1.81 bits per heavy atom. The smallest absolute Gasteiger partial charge is 0.306 e. The zero-order valence-corrected chi connectivity index (χ0v) is 16.3. The first-order valence-corrected chi connectivity index (χ1v) is 9.09. The van der Waals surface area contributed by atoms with E-state index in [1.165, 1.54) is 12.1 Å². The van der Waals surface area contributed by atoms with Crippen LogP contribution in [0.1, 0.15) is 35.2 Å². The topological polar surface area (TPSA) is 142 Å². The Morgan fingerprint density at radius 3 is 2.32 bits per heavy atom. The Labute approximate surface area is 175 Å². The molecule has 0 aliphatic rings. The molecule has 0 heterocycles. The standard InChI is InChI=1S/C20H19F2N3O6/c1-2-31-17(26)10-15(11-3-6-13(7-4-11)25(29)30)18(19(23)27)24-20(28)14-8-5-12(21)9-16(14)22/h3-9,15,18H,2,10H2,1H3,(H2,23,27)(H,24,28)/t15-,18+/m0/s1. The van der Waals surface area contributed by atoms with Crippen molar-refractivity contribution in [3.05, 3.63) is 75.3 Å². The zero-order valence-electron chi connectivity index (χ0n) is 16.3. The van der Waals surface area contributed by atoms with Crippen LogP contribution in [0.5, 0.6) is 0 Å². The van der Waals surface area contributed by atoms with Crippen LogP contribution in [0.4, 0.5) is 14.5 Å². The fourth-order valence-corrected chi connectivity index (χ4v) is 2.93. The average molecular weight is 435 g/mol. The Hall–Kier alpha value is -3.89. The lowest BCUT2D eigenvalue weighted by Gasteiger charge is -2.25. The minimum atomic E-state index is -1.50. The molecule has 0 saturated heterocycles. The van der Waals surface area contributed by atoms with E-state index in [1.807, 2.05) is 0 Å². The molecule has 2 rings (SSSR count). The number of amides is 2. The Balaban J connectivity index is 2.40. The largest absolute Gasteiger partial charge is 0.466 e. The number of rotatable bonds is 9. The van der Waals surface area contributed by atoms with E-state index in [-0.39, 0.29) is 17.9 Å². The van der Waals surface area contributed by atoms with E-state index < -0.39 is 58.3 Å². The number of nitrogens with zero attached hydrogens (tertiary/aromatic N) is 1. The van der Waals surface area contributed by atoms with Crippen molar-refractivity contribution in [2.24, 2.45) is 5.73 Å². The minimum absolute atomic E-state index is 0.0558. The molecule has 0 bridgehead atoms. The summed E-state index contributed by atoms with van der Waals surface area (Å²) < 4.78 is 32.0. The molecule has 9 nitrogen and oxygen atoms in total. The zero-order chi connectivity index (χ0) is 23.1. The van der Waals surface area contributed by atoms with Crippen molar-refractivity contribution in [1.82, 2.24) is 5.32 Å². The highest BCUT2D eigenvalue weighted by Crippen LogP contribution is 2.27. The highest BCUT2D eigenvalue weighted by atomic mass is 19.1. The van der Waals surface area contributed by atoms with Gasteiger partial charge in [0.05, 0.1) is 23.5 Å². The maximum Gasteiger partial charge on any atom is 0.306 e. The average Bonchev–Trinajstić information content (AvgIpc) is 2.70. The van der Waals surface area contributed by atoms with Crippen LogP contribution in [0.25, 0.3) is 0 Å². The van der Waals surface area contributed by atoms with Gasteiger partial charge in [-0.15, -0.1) is 0 Å². The number of nitrogens with two attached hydrogens (primary N) is 1. The number of ether oxygens (including phenoxy) is 1. The van der Waals surface area contributed by atoms with Crippen LogP contribution in [-0.2, 0) is 14.3 Å². The van der Waals surface area contributed by atoms with Gasteiger partial charge in [-0.1, -0.05) is 12.1 Å². The Morgan fingerprint density at radius 1 is 1.16 bits per heavy atom. The number of carbonyl (C=O) groups excluding carboxylic acids is 3. The molecule has 164 valence electrons. The number of benzene rings is 2. The predicted octanol–water partition coefficient (Wildman–Crippen LogP) is 2.19. The van der Waals surface area contributed by atoms with Crippen molar-refractivity contribution >= 4 is 23.5 Å². The number of nitro benzene ring substituents is 1. The Kier molecular flexibility index (Phi) is 7.72. The van der Waals surface area contributed by atoms with E-state index in [4.69, 9.17) is 10.5 Å². The van der Waals surface area contributed by atoms with Crippen molar-refractivity contribution < 1.29 is 32.8 Å². The number of esters is 1. The van der Waals surface area contributed by atoms with E-state index in [0.717, 1.165) is 24.3 Å². The molecule has 0 spiro atoms. The van der Waals surface area contributed by atoms with Gasteiger partial charge in [0.25, 0.3) is 11.6 Å². The molecule has 0 aromatic heterocycles. The number of nitrogens with one attached hydrogen (secondary N) is 1. The second kappa shape index (κ2) is 10.2. The predicted molar refractivity (Wildman–Crippen MR) is 104 cm³/mol. The first kappa shape index (κ1) is 23.4. The molecule has 2 amide bonds. The molecule has 31 heavy (non-hydrogen) atoms. The molecule has 11 heteroatoms. The summed E-state index contributed by atoms with van der Waals surface area (Å²) in [5.74, 6) is -5.92. The maximum atomic E-state index is 14.0. The third-order valence-corrected chi connectivity index (χ3v) is 4.40. The lowest BCUT2D eigenvalue weighted by Crippen LogP contribution is -2.49. The quantitative estimate of drug-likeness (QED) is 0.351. The third kappa shape index (κ3) is 6.04. The number of hydrogen-bond acceptors (Lipinski definition) is 6. The van der Waals surface area contributed by atoms with Gasteiger partial charge in [-0.25, -0.2) is 8.78 Å². The number of halogens is 2. The van der Waals surface area contributed by atoms with Gasteiger partial charge in [0.15, 0.2) is 0 Å². The molecule has 3 N–H and O–H groups in total. The second-order valence-electron chi connectivity index (χ2n) is 6.44. The van der Waals surface area contributed by atoms with Gasteiger partial charge >= 0.3 is 5.97 Å². The number of non-ortho nitro benzene ring substituents is 1. The summed E-state index contributed by atoms with van der Waals surface area (Å²) in [5, 5.41) is 13.1. The molecule has 2 atom stereocenters. The van der Waals surface area contributed by atoms with Gasteiger partial charge in [0.1, 0.15) is 17.7 Å². The lowest BCUT2D eigenvalue weighted by molar-refractivity contribution is -0.384. The number of carbonyl (C=O) groups is 3.